The first-order valence-corrected chi connectivity index (χ1v) is 6.16. The number of nitrogen functional groups attached to an aromatic ring is 1. The summed E-state index contributed by atoms with van der Waals surface area (Å²) in [6, 6.07) is 7.38. The first kappa shape index (κ1) is 11.9. The molecule has 1 aromatic carbocycles. The Kier molecular flexibility index (Phi) is 2.62. The second kappa shape index (κ2) is 4.19. The Morgan fingerprint density at radius 2 is 1.84 bits per heavy atom. The standard InChI is InChI=1S/C14H16N2O3/c1-14(2)7-17-11-4-3-9(5-12(11)18-8-14)10-6-13(15)19-16-10/h3-6H,7-8,15H2,1-2H3. The normalized spacial score (nSPS) is 16.9. The molecule has 0 amide bonds. The van der Waals surface area contributed by atoms with Gasteiger partial charge in [0.25, 0.3) is 0 Å². The first-order chi connectivity index (χ1) is 9.03. The third-order valence-corrected chi connectivity index (χ3v) is 3.00. The van der Waals surface area contributed by atoms with Crippen LogP contribution in [0, 0.1) is 5.41 Å². The molecule has 1 aliphatic rings. The second-order valence-corrected chi connectivity index (χ2v) is 5.52. The van der Waals surface area contributed by atoms with E-state index in [9.17, 15) is 0 Å². The smallest absolute Gasteiger partial charge is 0.222 e. The molecule has 0 atom stereocenters. The van der Waals surface area contributed by atoms with Crippen molar-refractivity contribution in [2.24, 2.45) is 5.41 Å². The van der Waals surface area contributed by atoms with Crippen molar-refractivity contribution in [2.45, 2.75) is 13.8 Å². The van der Waals surface area contributed by atoms with Gasteiger partial charge in [0.05, 0.1) is 13.2 Å². The summed E-state index contributed by atoms with van der Waals surface area (Å²) in [4.78, 5) is 0. The van der Waals surface area contributed by atoms with Crippen LogP contribution in [0.2, 0.25) is 0 Å². The van der Waals surface area contributed by atoms with E-state index in [0.717, 1.165) is 17.1 Å². The molecule has 1 aliphatic heterocycles. The van der Waals surface area contributed by atoms with Crippen LogP contribution >= 0.6 is 0 Å². The number of fused-ring (bicyclic) bond motifs is 1. The molecule has 3 rings (SSSR count). The highest BCUT2D eigenvalue weighted by Gasteiger charge is 2.25. The van der Waals surface area contributed by atoms with Crippen molar-refractivity contribution in [2.75, 3.05) is 18.9 Å². The number of benzene rings is 1. The van der Waals surface area contributed by atoms with Crippen LogP contribution in [0.15, 0.2) is 28.8 Å². The SMILES string of the molecule is CC1(C)COc2ccc(-c3cc(N)on3)cc2OC1. The quantitative estimate of drug-likeness (QED) is 0.853. The van der Waals surface area contributed by atoms with E-state index in [1.807, 2.05) is 18.2 Å². The molecule has 0 unspecified atom stereocenters. The Balaban J connectivity index is 1.94. The minimum Gasteiger partial charge on any atom is -0.489 e. The number of ether oxygens (including phenoxy) is 2. The van der Waals surface area contributed by atoms with Crippen LogP contribution in [0.4, 0.5) is 5.88 Å². The molecule has 100 valence electrons. The second-order valence-electron chi connectivity index (χ2n) is 5.52. The molecule has 19 heavy (non-hydrogen) atoms. The lowest BCUT2D eigenvalue weighted by atomic mass is 9.97. The first-order valence-electron chi connectivity index (χ1n) is 6.16. The maximum Gasteiger partial charge on any atom is 0.222 e. The molecule has 0 saturated carbocycles. The summed E-state index contributed by atoms with van der Waals surface area (Å²) in [6.45, 7) is 5.47. The Bertz CT molecular complexity index is 604. The molecular weight excluding hydrogens is 244 g/mol. The van der Waals surface area contributed by atoms with Crippen molar-refractivity contribution in [3.05, 3.63) is 24.3 Å². The fourth-order valence-corrected chi connectivity index (χ4v) is 1.91. The van der Waals surface area contributed by atoms with Gasteiger partial charge in [0.1, 0.15) is 5.69 Å². The Labute approximate surface area is 111 Å². The van der Waals surface area contributed by atoms with Crippen LogP contribution in [0.5, 0.6) is 11.5 Å². The zero-order chi connectivity index (χ0) is 13.5. The molecule has 2 heterocycles. The van der Waals surface area contributed by atoms with E-state index in [2.05, 4.69) is 19.0 Å². The number of rotatable bonds is 1. The molecule has 2 N–H and O–H groups in total. The number of nitrogens with zero attached hydrogens (tertiary/aromatic N) is 1. The van der Waals surface area contributed by atoms with Gasteiger partial charge in [0, 0.05) is 17.0 Å². The molecular formula is C14H16N2O3. The topological polar surface area (TPSA) is 70.5 Å². The van der Waals surface area contributed by atoms with E-state index in [-0.39, 0.29) is 5.41 Å². The monoisotopic (exact) mass is 260 g/mol. The molecule has 0 aliphatic carbocycles. The summed E-state index contributed by atoms with van der Waals surface area (Å²) in [5.41, 5.74) is 7.11. The molecule has 0 saturated heterocycles. The molecule has 5 heteroatoms. The van der Waals surface area contributed by atoms with Gasteiger partial charge < -0.3 is 19.7 Å². The van der Waals surface area contributed by atoms with Crippen molar-refractivity contribution in [3.8, 4) is 22.8 Å². The third-order valence-electron chi connectivity index (χ3n) is 3.00. The molecule has 0 spiro atoms. The highest BCUT2D eigenvalue weighted by atomic mass is 16.5. The van der Waals surface area contributed by atoms with Crippen LogP contribution in [0.25, 0.3) is 11.3 Å². The van der Waals surface area contributed by atoms with Crippen molar-refractivity contribution in [1.82, 2.24) is 5.16 Å². The van der Waals surface area contributed by atoms with Gasteiger partial charge in [-0.15, -0.1) is 0 Å². The zero-order valence-corrected chi connectivity index (χ0v) is 11.0. The third kappa shape index (κ3) is 2.36. The zero-order valence-electron chi connectivity index (χ0n) is 11.0. The maximum atomic E-state index is 5.82. The van der Waals surface area contributed by atoms with Crippen LogP contribution in [-0.2, 0) is 0 Å². The number of hydrogen-bond acceptors (Lipinski definition) is 5. The number of anilines is 1. The van der Waals surface area contributed by atoms with E-state index < -0.39 is 0 Å². The summed E-state index contributed by atoms with van der Waals surface area (Å²) < 4.78 is 16.5. The van der Waals surface area contributed by atoms with Crippen LogP contribution in [-0.4, -0.2) is 18.4 Å². The van der Waals surface area contributed by atoms with Gasteiger partial charge in [-0.1, -0.05) is 19.0 Å². The summed E-state index contributed by atoms with van der Waals surface area (Å²) in [6.07, 6.45) is 0. The van der Waals surface area contributed by atoms with Gasteiger partial charge in [0.2, 0.25) is 5.88 Å². The molecule has 2 aromatic rings. The lowest BCUT2D eigenvalue weighted by Gasteiger charge is -2.19. The van der Waals surface area contributed by atoms with Gasteiger partial charge in [-0.2, -0.15) is 0 Å². The van der Waals surface area contributed by atoms with Crippen molar-refractivity contribution in [1.29, 1.82) is 0 Å². The largest absolute Gasteiger partial charge is 0.489 e. The van der Waals surface area contributed by atoms with Gasteiger partial charge in [-0.05, 0) is 18.2 Å². The van der Waals surface area contributed by atoms with Crippen LogP contribution in [0.3, 0.4) is 0 Å². The van der Waals surface area contributed by atoms with Crippen LogP contribution < -0.4 is 15.2 Å². The highest BCUT2D eigenvalue weighted by Crippen LogP contribution is 2.36. The fourth-order valence-electron chi connectivity index (χ4n) is 1.91. The van der Waals surface area contributed by atoms with Crippen molar-refractivity contribution in [3.63, 3.8) is 0 Å². The Hall–Kier alpha value is -2.17. The summed E-state index contributed by atoms with van der Waals surface area (Å²) in [5.74, 6) is 1.78. The van der Waals surface area contributed by atoms with Crippen LogP contribution in [0.1, 0.15) is 13.8 Å². The fraction of sp³-hybridized carbons (Fsp3) is 0.357. The summed E-state index contributed by atoms with van der Waals surface area (Å²) in [7, 11) is 0. The molecule has 0 radical (unpaired) electrons. The minimum atomic E-state index is -0.00248. The number of nitrogens with two attached hydrogens (primary N) is 1. The summed E-state index contributed by atoms with van der Waals surface area (Å²) in [5, 5.41) is 3.89. The van der Waals surface area contributed by atoms with Crippen molar-refractivity contribution < 1.29 is 14.0 Å². The minimum absolute atomic E-state index is 0.00248. The summed E-state index contributed by atoms with van der Waals surface area (Å²) >= 11 is 0. The van der Waals surface area contributed by atoms with Crippen molar-refractivity contribution >= 4 is 5.88 Å². The average molecular weight is 260 g/mol. The van der Waals surface area contributed by atoms with Gasteiger partial charge in [-0.3, -0.25) is 0 Å². The molecule has 5 nitrogen and oxygen atoms in total. The predicted octanol–water partition coefficient (Wildman–Crippen LogP) is 2.72. The molecule has 0 bridgehead atoms. The maximum absolute atomic E-state index is 5.82. The van der Waals surface area contributed by atoms with Gasteiger partial charge in [0.15, 0.2) is 11.5 Å². The van der Waals surface area contributed by atoms with Gasteiger partial charge in [-0.25, -0.2) is 0 Å². The highest BCUT2D eigenvalue weighted by molar-refractivity contribution is 5.65. The number of aromatic nitrogens is 1. The lowest BCUT2D eigenvalue weighted by Crippen LogP contribution is -2.26. The van der Waals surface area contributed by atoms with E-state index >= 15 is 0 Å². The molecule has 1 aromatic heterocycles. The Morgan fingerprint density at radius 1 is 1.11 bits per heavy atom. The average Bonchev–Trinajstić information content (AvgIpc) is 2.74. The van der Waals surface area contributed by atoms with E-state index in [1.165, 1.54) is 0 Å². The lowest BCUT2D eigenvalue weighted by molar-refractivity contribution is 0.140. The van der Waals surface area contributed by atoms with E-state index in [1.54, 1.807) is 6.07 Å². The van der Waals surface area contributed by atoms with Gasteiger partial charge >= 0.3 is 0 Å². The van der Waals surface area contributed by atoms with E-state index in [4.69, 9.17) is 19.7 Å². The number of hydrogen-bond donors (Lipinski definition) is 1. The molecule has 0 fully saturated rings. The predicted molar refractivity (Wildman–Crippen MR) is 71.1 cm³/mol. The van der Waals surface area contributed by atoms with E-state index in [0.29, 0.717) is 24.8 Å². The Morgan fingerprint density at radius 3 is 2.53 bits per heavy atom.